The molecule has 192 valence electrons. The topological polar surface area (TPSA) is 95.4 Å². The summed E-state index contributed by atoms with van der Waals surface area (Å²) in [4.78, 5) is 34.6. The molecule has 1 aromatic heterocycles. The minimum Gasteiger partial charge on any atom is -0.481 e. The van der Waals surface area contributed by atoms with Crippen molar-refractivity contribution in [2.75, 3.05) is 20.1 Å². The molecule has 0 bridgehead atoms. The average Bonchev–Trinajstić information content (AvgIpc) is 2.91. The van der Waals surface area contributed by atoms with Gasteiger partial charge in [-0.2, -0.15) is 0 Å². The number of hydrogen-bond acceptors (Lipinski definition) is 5. The van der Waals surface area contributed by atoms with E-state index < -0.39 is 11.9 Å². The number of rotatable bonds is 8. The van der Waals surface area contributed by atoms with Crippen molar-refractivity contribution in [1.82, 2.24) is 20.2 Å². The summed E-state index contributed by atoms with van der Waals surface area (Å²) in [6.45, 7) is 0.562. The monoisotopic (exact) mass is 498 g/mol. The Morgan fingerprint density at radius 3 is 2.14 bits per heavy atom. The maximum Gasteiger partial charge on any atom is 0.310 e. The van der Waals surface area contributed by atoms with Crippen molar-refractivity contribution < 1.29 is 14.7 Å². The second-order valence-corrected chi connectivity index (χ2v) is 10.3. The van der Waals surface area contributed by atoms with E-state index in [9.17, 15) is 9.59 Å². The molecular formula is C30H34N4O3. The van der Waals surface area contributed by atoms with Gasteiger partial charge >= 0.3 is 5.97 Å². The van der Waals surface area contributed by atoms with Crippen LogP contribution in [0.2, 0.25) is 0 Å². The van der Waals surface area contributed by atoms with Gasteiger partial charge in [0.15, 0.2) is 5.82 Å². The first-order valence-electron chi connectivity index (χ1n) is 13.2. The quantitative estimate of drug-likeness (QED) is 0.474. The standard InChI is InChI=1S/C30H34N4O3/c1-31-27(29(35)34-18-26(19-34)30(36)37)15-20-7-9-24(10-8-20)28-32-16-25(17-33-28)23-13-11-22(12-14-23)21-5-3-2-4-6-21/h7-14,16-17,21,26-27,31H,2-6,15,18-19H2,1H3,(H,36,37). The van der Waals surface area contributed by atoms with E-state index in [0.29, 0.717) is 18.2 Å². The average molecular weight is 499 g/mol. The first-order chi connectivity index (χ1) is 18.0. The van der Waals surface area contributed by atoms with Gasteiger partial charge in [0.2, 0.25) is 5.91 Å². The first-order valence-corrected chi connectivity index (χ1v) is 13.2. The van der Waals surface area contributed by atoms with E-state index >= 15 is 0 Å². The van der Waals surface area contributed by atoms with Crippen molar-refractivity contribution in [2.24, 2.45) is 5.92 Å². The summed E-state index contributed by atoms with van der Waals surface area (Å²) >= 11 is 0. The van der Waals surface area contributed by atoms with Gasteiger partial charge in [0.1, 0.15) is 0 Å². The van der Waals surface area contributed by atoms with Gasteiger partial charge in [-0.25, -0.2) is 9.97 Å². The van der Waals surface area contributed by atoms with Crippen LogP contribution in [-0.4, -0.2) is 58.0 Å². The number of hydrogen-bond donors (Lipinski definition) is 2. The highest BCUT2D eigenvalue weighted by atomic mass is 16.4. The summed E-state index contributed by atoms with van der Waals surface area (Å²) in [5.74, 6) is 0.00727. The van der Waals surface area contributed by atoms with Crippen LogP contribution >= 0.6 is 0 Å². The fraction of sp³-hybridized carbons (Fsp3) is 0.400. The van der Waals surface area contributed by atoms with Gasteiger partial charge in [0.05, 0.1) is 12.0 Å². The number of likely N-dealkylation sites (N-methyl/N-ethyl adjacent to an activating group) is 1. The summed E-state index contributed by atoms with van der Waals surface area (Å²) in [6.07, 6.45) is 10.9. The normalized spacial score (nSPS) is 17.3. The molecule has 37 heavy (non-hydrogen) atoms. The van der Waals surface area contributed by atoms with Crippen molar-refractivity contribution in [1.29, 1.82) is 0 Å². The lowest BCUT2D eigenvalue weighted by Crippen LogP contribution is -2.58. The SMILES string of the molecule is CNC(Cc1ccc(-c2ncc(-c3ccc(C4CCCCC4)cc3)cn2)cc1)C(=O)N1CC(C(=O)O)C1. The molecule has 1 amide bonds. The van der Waals surface area contributed by atoms with Crippen LogP contribution in [0.15, 0.2) is 60.9 Å². The summed E-state index contributed by atoms with van der Waals surface area (Å²) in [5, 5.41) is 12.1. The zero-order chi connectivity index (χ0) is 25.8. The number of benzene rings is 2. The molecule has 2 N–H and O–H groups in total. The van der Waals surface area contributed by atoms with E-state index in [2.05, 4.69) is 39.6 Å². The van der Waals surface area contributed by atoms with Gasteiger partial charge in [-0.3, -0.25) is 9.59 Å². The summed E-state index contributed by atoms with van der Waals surface area (Å²) in [7, 11) is 1.75. The largest absolute Gasteiger partial charge is 0.481 e. The van der Waals surface area contributed by atoms with Gasteiger partial charge in [-0.1, -0.05) is 67.8 Å². The first kappa shape index (κ1) is 25.1. The Morgan fingerprint density at radius 1 is 0.919 bits per heavy atom. The van der Waals surface area contributed by atoms with Gasteiger partial charge in [0.25, 0.3) is 0 Å². The van der Waals surface area contributed by atoms with Gasteiger partial charge in [0, 0.05) is 36.6 Å². The highest BCUT2D eigenvalue weighted by Gasteiger charge is 2.37. The second-order valence-electron chi connectivity index (χ2n) is 10.3. The number of aromatic nitrogens is 2. The predicted octanol–water partition coefficient (Wildman–Crippen LogP) is 4.53. The van der Waals surface area contributed by atoms with Crippen molar-refractivity contribution >= 4 is 11.9 Å². The van der Waals surface area contributed by atoms with Crippen LogP contribution in [-0.2, 0) is 16.0 Å². The van der Waals surface area contributed by atoms with Crippen molar-refractivity contribution in [3.63, 3.8) is 0 Å². The van der Waals surface area contributed by atoms with E-state index in [0.717, 1.165) is 22.3 Å². The molecule has 5 rings (SSSR count). The molecule has 7 heteroatoms. The molecule has 0 spiro atoms. The van der Waals surface area contributed by atoms with Gasteiger partial charge in [-0.05, 0) is 48.9 Å². The number of carbonyl (C=O) groups excluding carboxylic acids is 1. The van der Waals surface area contributed by atoms with E-state index in [1.807, 2.05) is 36.7 Å². The van der Waals surface area contributed by atoms with Gasteiger partial charge < -0.3 is 15.3 Å². The minimum atomic E-state index is -0.844. The Balaban J connectivity index is 1.19. The molecule has 1 unspecified atom stereocenters. The van der Waals surface area contributed by atoms with E-state index in [1.54, 1.807) is 11.9 Å². The molecule has 2 aliphatic rings. The molecule has 2 heterocycles. The van der Waals surface area contributed by atoms with Crippen LogP contribution < -0.4 is 5.32 Å². The number of carbonyl (C=O) groups is 2. The van der Waals surface area contributed by atoms with Crippen molar-refractivity contribution in [3.8, 4) is 22.5 Å². The molecule has 1 aliphatic carbocycles. The molecule has 1 saturated heterocycles. The summed E-state index contributed by atoms with van der Waals surface area (Å²) < 4.78 is 0. The predicted molar refractivity (Wildman–Crippen MR) is 143 cm³/mol. The lowest BCUT2D eigenvalue weighted by Gasteiger charge is -2.38. The number of aliphatic carboxylic acids is 1. The lowest BCUT2D eigenvalue weighted by atomic mass is 9.84. The van der Waals surface area contributed by atoms with Crippen LogP contribution in [0.4, 0.5) is 0 Å². The molecule has 2 fully saturated rings. The Labute approximate surface area is 218 Å². The van der Waals surface area contributed by atoms with Crippen LogP contribution in [0.1, 0.15) is 49.1 Å². The highest BCUT2D eigenvalue weighted by Crippen LogP contribution is 2.33. The zero-order valence-corrected chi connectivity index (χ0v) is 21.3. The number of amides is 1. The third-order valence-electron chi connectivity index (χ3n) is 7.81. The number of nitrogens with one attached hydrogen (secondary N) is 1. The zero-order valence-electron chi connectivity index (χ0n) is 21.3. The molecule has 1 aliphatic heterocycles. The lowest BCUT2D eigenvalue weighted by molar-refractivity contribution is -0.153. The molecule has 1 atom stereocenters. The van der Waals surface area contributed by atoms with E-state index in [4.69, 9.17) is 5.11 Å². The fourth-order valence-corrected chi connectivity index (χ4v) is 5.38. The third kappa shape index (κ3) is 5.72. The van der Waals surface area contributed by atoms with Gasteiger partial charge in [-0.15, -0.1) is 0 Å². The second kappa shape index (κ2) is 11.2. The minimum absolute atomic E-state index is 0.0604. The van der Waals surface area contributed by atoms with Crippen LogP contribution in [0.3, 0.4) is 0 Å². The van der Waals surface area contributed by atoms with E-state index in [-0.39, 0.29) is 25.0 Å². The highest BCUT2D eigenvalue weighted by molar-refractivity contribution is 5.85. The molecule has 3 aromatic rings. The van der Waals surface area contributed by atoms with E-state index in [1.165, 1.54) is 37.7 Å². The van der Waals surface area contributed by atoms with Crippen molar-refractivity contribution in [2.45, 2.75) is 50.5 Å². The Hall–Kier alpha value is -3.58. The van der Waals surface area contributed by atoms with Crippen LogP contribution in [0.25, 0.3) is 22.5 Å². The maximum absolute atomic E-state index is 12.7. The molecule has 0 radical (unpaired) electrons. The Morgan fingerprint density at radius 2 is 1.54 bits per heavy atom. The number of carboxylic acids is 1. The summed E-state index contributed by atoms with van der Waals surface area (Å²) in [6, 6.07) is 16.4. The maximum atomic E-state index is 12.7. The number of nitrogens with zero attached hydrogens (tertiary/aromatic N) is 3. The van der Waals surface area contributed by atoms with Crippen molar-refractivity contribution in [3.05, 3.63) is 72.1 Å². The molecule has 2 aromatic carbocycles. The smallest absolute Gasteiger partial charge is 0.310 e. The molecule has 7 nitrogen and oxygen atoms in total. The summed E-state index contributed by atoms with van der Waals surface area (Å²) in [5.41, 5.74) is 5.50. The third-order valence-corrected chi connectivity index (χ3v) is 7.81. The number of likely N-dealkylation sites (tertiary alicyclic amines) is 1. The van der Waals surface area contributed by atoms with Crippen LogP contribution in [0.5, 0.6) is 0 Å². The number of carboxylic acid groups (broad SMARTS) is 1. The Bertz CT molecular complexity index is 1210. The molecular weight excluding hydrogens is 464 g/mol. The fourth-order valence-electron chi connectivity index (χ4n) is 5.38. The molecule has 1 saturated carbocycles. The Kier molecular flexibility index (Phi) is 7.60. The van der Waals surface area contributed by atoms with Crippen LogP contribution in [0, 0.1) is 5.92 Å².